The van der Waals surface area contributed by atoms with Crippen LogP contribution in [-0.4, -0.2) is 34.0 Å². The van der Waals surface area contributed by atoms with Crippen LogP contribution in [0.15, 0.2) is 29.2 Å². The number of pyridine rings is 1. The lowest BCUT2D eigenvalue weighted by atomic mass is 9.69. The zero-order valence-electron chi connectivity index (χ0n) is 17.0. The monoisotopic (exact) mass is 409 g/mol. The van der Waals surface area contributed by atoms with Gasteiger partial charge in [-0.1, -0.05) is 0 Å². The minimum Gasteiger partial charge on any atom is -0.493 e. The summed E-state index contributed by atoms with van der Waals surface area (Å²) in [5.41, 5.74) is 3.20. The lowest BCUT2D eigenvalue weighted by molar-refractivity contribution is 0.0691. The van der Waals surface area contributed by atoms with Crippen molar-refractivity contribution in [1.29, 1.82) is 0 Å². The highest BCUT2D eigenvalue weighted by molar-refractivity contribution is 5.88. The number of rotatable bonds is 7. The van der Waals surface area contributed by atoms with Gasteiger partial charge in [0.2, 0.25) is 0 Å². The average molecular weight is 409 g/mol. The molecule has 2 aliphatic carbocycles. The highest BCUT2D eigenvalue weighted by Gasteiger charge is 2.43. The number of aliphatic hydroxyl groups is 1. The standard InChI is InChI=1S/C24H27NO5/c26-8-1-3-16-9-18-17(10-22(16)30-14-15-4-5-15)12-24(6-2-7-24)25-13-19(23(28)29)21(27)11-20(18)25/h9-11,13,15,26H,1-8,12,14H2,(H,28,29). The molecule has 0 radical (unpaired) electrons. The first kappa shape index (κ1) is 19.4. The third-order valence-electron chi connectivity index (χ3n) is 6.93. The molecule has 0 saturated heterocycles. The number of fused-ring (bicyclic) bond motifs is 4. The number of hydrogen-bond donors (Lipinski definition) is 2. The summed E-state index contributed by atoms with van der Waals surface area (Å²) < 4.78 is 8.22. The fourth-order valence-corrected chi connectivity index (χ4v) is 4.88. The maximum Gasteiger partial charge on any atom is 0.341 e. The fourth-order valence-electron chi connectivity index (χ4n) is 4.88. The Hall–Kier alpha value is -2.60. The second kappa shape index (κ2) is 7.27. The van der Waals surface area contributed by atoms with E-state index in [-0.39, 0.29) is 17.7 Å². The van der Waals surface area contributed by atoms with E-state index >= 15 is 0 Å². The van der Waals surface area contributed by atoms with E-state index in [0.717, 1.165) is 60.4 Å². The molecule has 2 saturated carbocycles. The fraction of sp³-hybridized carbons (Fsp3) is 0.500. The molecule has 1 aromatic carbocycles. The molecule has 1 spiro atoms. The van der Waals surface area contributed by atoms with Crippen LogP contribution in [-0.2, 0) is 18.4 Å². The van der Waals surface area contributed by atoms with Crippen molar-refractivity contribution in [3.63, 3.8) is 0 Å². The van der Waals surface area contributed by atoms with E-state index in [1.54, 1.807) is 6.20 Å². The largest absolute Gasteiger partial charge is 0.493 e. The summed E-state index contributed by atoms with van der Waals surface area (Å²) in [5, 5.41) is 18.8. The van der Waals surface area contributed by atoms with E-state index < -0.39 is 11.4 Å². The maximum absolute atomic E-state index is 12.5. The van der Waals surface area contributed by atoms with Crippen molar-refractivity contribution in [3.05, 3.63) is 51.3 Å². The van der Waals surface area contributed by atoms with Crippen molar-refractivity contribution in [2.24, 2.45) is 5.92 Å². The number of carboxylic acids is 1. The van der Waals surface area contributed by atoms with Gasteiger partial charge in [-0.15, -0.1) is 0 Å². The average Bonchev–Trinajstić information content (AvgIpc) is 3.52. The van der Waals surface area contributed by atoms with Gasteiger partial charge in [-0.05, 0) is 80.5 Å². The van der Waals surface area contributed by atoms with Crippen LogP contribution in [0.4, 0.5) is 0 Å². The quantitative estimate of drug-likeness (QED) is 0.732. The topological polar surface area (TPSA) is 88.8 Å². The lowest BCUT2D eigenvalue weighted by Crippen LogP contribution is -2.46. The summed E-state index contributed by atoms with van der Waals surface area (Å²) in [5.74, 6) is 0.364. The van der Waals surface area contributed by atoms with E-state index in [1.165, 1.54) is 18.9 Å². The lowest BCUT2D eigenvalue weighted by Gasteiger charge is -2.49. The van der Waals surface area contributed by atoms with E-state index in [2.05, 4.69) is 12.1 Å². The van der Waals surface area contributed by atoms with Gasteiger partial charge in [0, 0.05) is 30.0 Å². The third kappa shape index (κ3) is 3.23. The zero-order chi connectivity index (χ0) is 20.9. The van der Waals surface area contributed by atoms with Crippen LogP contribution in [0.25, 0.3) is 11.3 Å². The van der Waals surface area contributed by atoms with E-state index in [9.17, 15) is 19.8 Å². The highest BCUT2D eigenvalue weighted by atomic mass is 16.5. The molecule has 1 aliphatic heterocycles. The minimum absolute atomic E-state index is 0.111. The van der Waals surface area contributed by atoms with Crippen LogP contribution < -0.4 is 10.2 Å². The predicted octanol–water partition coefficient (Wildman–Crippen LogP) is 3.36. The van der Waals surface area contributed by atoms with Crippen molar-refractivity contribution in [2.75, 3.05) is 13.2 Å². The first-order chi connectivity index (χ1) is 14.5. The first-order valence-corrected chi connectivity index (χ1v) is 10.9. The van der Waals surface area contributed by atoms with Crippen LogP contribution in [0.3, 0.4) is 0 Å². The van der Waals surface area contributed by atoms with Crippen molar-refractivity contribution in [3.8, 4) is 17.0 Å². The summed E-state index contributed by atoms with van der Waals surface area (Å²) in [6.45, 7) is 0.842. The molecular weight excluding hydrogens is 382 g/mol. The van der Waals surface area contributed by atoms with Crippen LogP contribution in [0.1, 0.15) is 60.0 Å². The van der Waals surface area contributed by atoms with Crippen LogP contribution in [0, 0.1) is 5.92 Å². The Balaban J connectivity index is 1.64. The van der Waals surface area contributed by atoms with E-state index in [0.29, 0.717) is 18.8 Å². The summed E-state index contributed by atoms with van der Waals surface area (Å²) in [7, 11) is 0. The van der Waals surface area contributed by atoms with Crippen molar-refractivity contribution in [1.82, 2.24) is 4.57 Å². The number of aromatic carboxylic acids is 1. The van der Waals surface area contributed by atoms with E-state index in [1.807, 2.05) is 4.57 Å². The number of ether oxygens (including phenoxy) is 1. The van der Waals surface area contributed by atoms with Crippen molar-refractivity contribution >= 4 is 5.97 Å². The molecule has 0 atom stereocenters. The Labute approximate surface area is 175 Å². The summed E-state index contributed by atoms with van der Waals surface area (Å²) in [6.07, 6.45) is 9.22. The van der Waals surface area contributed by atoms with Gasteiger partial charge in [0.25, 0.3) is 0 Å². The van der Waals surface area contributed by atoms with Crippen LogP contribution in [0.5, 0.6) is 5.75 Å². The van der Waals surface area contributed by atoms with Gasteiger partial charge in [-0.3, -0.25) is 4.79 Å². The molecule has 30 heavy (non-hydrogen) atoms. The Morgan fingerprint density at radius 2 is 2.03 bits per heavy atom. The predicted molar refractivity (Wildman–Crippen MR) is 112 cm³/mol. The van der Waals surface area contributed by atoms with E-state index in [4.69, 9.17) is 4.74 Å². The van der Waals surface area contributed by atoms with Gasteiger partial charge in [0.15, 0.2) is 5.43 Å². The molecule has 0 amide bonds. The normalized spacial score (nSPS) is 18.4. The first-order valence-electron chi connectivity index (χ1n) is 10.9. The molecule has 3 aliphatic rings. The van der Waals surface area contributed by atoms with Gasteiger partial charge < -0.3 is 19.5 Å². The molecule has 2 N–H and O–H groups in total. The SMILES string of the molecule is O=C(O)c1cn2c(cc1=O)-c1cc(CCCO)c(OCC3CC3)cc1CC21CCC1. The summed E-state index contributed by atoms with van der Waals surface area (Å²) >= 11 is 0. The molecule has 5 rings (SSSR count). The number of aryl methyl sites for hydroxylation is 1. The van der Waals surface area contributed by atoms with Crippen LogP contribution in [0.2, 0.25) is 0 Å². The van der Waals surface area contributed by atoms with Gasteiger partial charge in [0.1, 0.15) is 11.3 Å². The van der Waals surface area contributed by atoms with Gasteiger partial charge in [0.05, 0.1) is 12.3 Å². The second-order valence-electron chi connectivity index (χ2n) is 9.07. The maximum atomic E-state index is 12.5. The molecule has 158 valence electrons. The molecule has 6 heteroatoms. The molecule has 6 nitrogen and oxygen atoms in total. The number of aliphatic hydroxyl groups excluding tert-OH is 1. The number of carbonyl (C=O) groups is 1. The Kier molecular flexibility index (Phi) is 4.69. The smallest absolute Gasteiger partial charge is 0.341 e. The second-order valence-corrected chi connectivity index (χ2v) is 9.07. The van der Waals surface area contributed by atoms with Gasteiger partial charge in [-0.2, -0.15) is 0 Å². The number of hydrogen-bond acceptors (Lipinski definition) is 4. The minimum atomic E-state index is -1.18. The highest BCUT2D eigenvalue weighted by Crippen LogP contribution is 2.49. The molecule has 2 aromatic rings. The molecule has 2 heterocycles. The Morgan fingerprint density at radius 3 is 2.67 bits per heavy atom. The number of benzene rings is 1. The number of aromatic nitrogens is 1. The molecule has 0 unspecified atom stereocenters. The summed E-state index contributed by atoms with van der Waals surface area (Å²) in [4.78, 5) is 24.1. The summed E-state index contributed by atoms with van der Waals surface area (Å²) in [6, 6.07) is 5.70. The molecule has 2 fully saturated rings. The van der Waals surface area contributed by atoms with Gasteiger partial charge >= 0.3 is 5.97 Å². The van der Waals surface area contributed by atoms with Gasteiger partial charge in [-0.25, -0.2) is 4.79 Å². The van der Waals surface area contributed by atoms with Crippen molar-refractivity contribution in [2.45, 2.75) is 56.9 Å². The molecular formula is C24H27NO5. The number of carboxylic acid groups (broad SMARTS) is 1. The number of nitrogens with zero attached hydrogens (tertiary/aromatic N) is 1. The molecule has 0 bridgehead atoms. The Morgan fingerprint density at radius 1 is 1.23 bits per heavy atom. The zero-order valence-corrected chi connectivity index (χ0v) is 17.0. The van der Waals surface area contributed by atoms with Crippen molar-refractivity contribution < 1.29 is 19.7 Å². The van der Waals surface area contributed by atoms with Crippen LogP contribution >= 0.6 is 0 Å². The molecule has 1 aromatic heterocycles. The third-order valence-corrected chi connectivity index (χ3v) is 6.93. The Bertz CT molecular complexity index is 1060.